The first kappa shape index (κ1) is 15.5. The topological polar surface area (TPSA) is 38.3 Å². The second-order valence-electron chi connectivity index (χ2n) is 5.57. The molecule has 1 amide bonds. The first-order chi connectivity index (χ1) is 9.70. The van der Waals surface area contributed by atoms with Crippen molar-refractivity contribution in [2.24, 2.45) is 5.92 Å². The fraction of sp³-hybridized carbons (Fsp3) is 0.688. The Labute approximate surface area is 125 Å². The van der Waals surface area contributed by atoms with Crippen LogP contribution in [0.25, 0.3) is 0 Å². The molecular weight excluding hydrogens is 270 g/mol. The summed E-state index contributed by atoms with van der Waals surface area (Å²) in [6.07, 6.45) is 5.73. The number of carbonyl (C=O) groups is 1. The number of thiophene rings is 1. The Morgan fingerprint density at radius 3 is 3.00 bits per heavy atom. The molecule has 1 N–H and O–H groups in total. The monoisotopic (exact) mass is 295 g/mol. The van der Waals surface area contributed by atoms with E-state index in [-0.39, 0.29) is 5.91 Å². The van der Waals surface area contributed by atoms with E-state index in [0.717, 1.165) is 43.3 Å². The molecule has 1 aromatic heterocycles. The zero-order valence-corrected chi connectivity index (χ0v) is 13.4. The van der Waals surface area contributed by atoms with Crippen LogP contribution in [0.4, 0.5) is 0 Å². The van der Waals surface area contributed by atoms with Crippen molar-refractivity contribution in [2.45, 2.75) is 46.0 Å². The quantitative estimate of drug-likeness (QED) is 0.707. The molecule has 0 aliphatic heterocycles. The Morgan fingerprint density at radius 1 is 1.50 bits per heavy atom. The lowest BCUT2D eigenvalue weighted by molar-refractivity contribution is 0.0941. The van der Waals surface area contributed by atoms with Crippen molar-refractivity contribution < 1.29 is 9.53 Å². The summed E-state index contributed by atoms with van der Waals surface area (Å²) in [5.74, 6) is 0.873. The highest BCUT2D eigenvalue weighted by atomic mass is 32.1. The molecule has 3 nitrogen and oxygen atoms in total. The van der Waals surface area contributed by atoms with Crippen LogP contribution in [0.1, 0.15) is 52.7 Å². The molecule has 0 aromatic carbocycles. The van der Waals surface area contributed by atoms with Crippen LogP contribution in [0.2, 0.25) is 0 Å². The van der Waals surface area contributed by atoms with Crippen molar-refractivity contribution in [3.05, 3.63) is 21.4 Å². The summed E-state index contributed by atoms with van der Waals surface area (Å²) in [6, 6.07) is 2.04. The number of ether oxygens (including phenoxy) is 1. The van der Waals surface area contributed by atoms with Crippen molar-refractivity contribution in [1.82, 2.24) is 5.32 Å². The van der Waals surface area contributed by atoms with Gasteiger partial charge in [-0.15, -0.1) is 11.3 Å². The highest BCUT2D eigenvalue weighted by Gasteiger charge is 2.20. The zero-order chi connectivity index (χ0) is 14.4. The Hall–Kier alpha value is -0.870. The predicted molar refractivity (Wildman–Crippen MR) is 83.5 cm³/mol. The summed E-state index contributed by atoms with van der Waals surface area (Å²) in [7, 11) is 0. The van der Waals surface area contributed by atoms with Gasteiger partial charge < -0.3 is 10.1 Å². The molecule has 1 aliphatic rings. The SMILES string of the molecule is CCCc1cc(C(=O)NCCCOCC2CC2)sc1C. The molecule has 1 heterocycles. The molecule has 0 radical (unpaired) electrons. The normalized spacial score (nSPS) is 14.5. The highest BCUT2D eigenvalue weighted by molar-refractivity contribution is 7.14. The van der Waals surface area contributed by atoms with Crippen molar-refractivity contribution in [2.75, 3.05) is 19.8 Å². The lowest BCUT2D eigenvalue weighted by Gasteiger charge is -2.04. The van der Waals surface area contributed by atoms with Gasteiger partial charge in [-0.1, -0.05) is 13.3 Å². The second kappa shape index (κ2) is 7.79. The summed E-state index contributed by atoms with van der Waals surface area (Å²) < 4.78 is 5.55. The maximum absolute atomic E-state index is 12.0. The van der Waals surface area contributed by atoms with Gasteiger partial charge in [0.1, 0.15) is 0 Å². The lowest BCUT2D eigenvalue weighted by atomic mass is 10.1. The van der Waals surface area contributed by atoms with Crippen molar-refractivity contribution in [3.8, 4) is 0 Å². The van der Waals surface area contributed by atoms with E-state index < -0.39 is 0 Å². The van der Waals surface area contributed by atoms with Crippen LogP contribution in [0.5, 0.6) is 0 Å². The van der Waals surface area contributed by atoms with Gasteiger partial charge in [0.15, 0.2) is 0 Å². The third-order valence-electron chi connectivity index (χ3n) is 3.57. The van der Waals surface area contributed by atoms with E-state index in [1.807, 2.05) is 6.07 Å². The molecule has 0 atom stereocenters. The summed E-state index contributed by atoms with van der Waals surface area (Å²) in [5, 5.41) is 2.98. The molecule has 2 rings (SSSR count). The number of amides is 1. The van der Waals surface area contributed by atoms with Crippen LogP contribution in [0.15, 0.2) is 6.07 Å². The van der Waals surface area contributed by atoms with E-state index in [2.05, 4.69) is 19.2 Å². The van der Waals surface area contributed by atoms with Gasteiger partial charge in [-0.2, -0.15) is 0 Å². The number of rotatable bonds is 9. The molecule has 4 heteroatoms. The van der Waals surface area contributed by atoms with Crippen molar-refractivity contribution >= 4 is 17.2 Å². The van der Waals surface area contributed by atoms with E-state index in [4.69, 9.17) is 4.74 Å². The molecule has 1 aliphatic carbocycles. The first-order valence-corrected chi connectivity index (χ1v) is 8.47. The number of nitrogens with one attached hydrogen (secondary N) is 1. The van der Waals surface area contributed by atoms with Crippen LogP contribution in [0.3, 0.4) is 0 Å². The fourth-order valence-corrected chi connectivity index (χ4v) is 3.14. The van der Waals surface area contributed by atoms with Crippen molar-refractivity contribution in [3.63, 3.8) is 0 Å². The van der Waals surface area contributed by atoms with Crippen LogP contribution in [-0.4, -0.2) is 25.7 Å². The molecule has 1 saturated carbocycles. The van der Waals surface area contributed by atoms with Gasteiger partial charge in [-0.3, -0.25) is 4.79 Å². The summed E-state index contributed by atoms with van der Waals surface area (Å²) in [5.41, 5.74) is 1.32. The molecule has 1 aromatic rings. The van der Waals surface area contributed by atoms with Gasteiger partial charge in [0.2, 0.25) is 0 Å². The van der Waals surface area contributed by atoms with Crippen LogP contribution in [0, 0.1) is 12.8 Å². The summed E-state index contributed by atoms with van der Waals surface area (Å²) >= 11 is 1.60. The Morgan fingerprint density at radius 2 is 2.30 bits per heavy atom. The van der Waals surface area contributed by atoms with Gasteiger partial charge in [0, 0.05) is 24.6 Å². The average molecular weight is 295 g/mol. The minimum absolute atomic E-state index is 0.0580. The van der Waals surface area contributed by atoms with E-state index in [0.29, 0.717) is 6.54 Å². The van der Waals surface area contributed by atoms with Crippen LogP contribution < -0.4 is 5.32 Å². The van der Waals surface area contributed by atoms with E-state index in [1.54, 1.807) is 11.3 Å². The Bertz CT molecular complexity index is 438. The molecule has 112 valence electrons. The molecule has 20 heavy (non-hydrogen) atoms. The van der Waals surface area contributed by atoms with E-state index >= 15 is 0 Å². The minimum atomic E-state index is 0.0580. The highest BCUT2D eigenvalue weighted by Crippen LogP contribution is 2.28. The van der Waals surface area contributed by atoms with Crippen molar-refractivity contribution in [1.29, 1.82) is 0 Å². The van der Waals surface area contributed by atoms with Gasteiger partial charge in [0.05, 0.1) is 4.88 Å². The molecule has 0 spiro atoms. The van der Waals surface area contributed by atoms with Gasteiger partial charge >= 0.3 is 0 Å². The predicted octanol–water partition coefficient (Wildman–Crippen LogP) is 3.56. The Balaban J connectivity index is 1.64. The third-order valence-corrected chi connectivity index (χ3v) is 4.66. The smallest absolute Gasteiger partial charge is 0.261 e. The number of carbonyl (C=O) groups excluding carboxylic acids is 1. The molecule has 1 fully saturated rings. The van der Waals surface area contributed by atoms with Gasteiger partial charge in [0.25, 0.3) is 5.91 Å². The maximum Gasteiger partial charge on any atom is 0.261 e. The summed E-state index contributed by atoms with van der Waals surface area (Å²) in [4.78, 5) is 14.1. The number of hydrogen-bond acceptors (Lipinski definition) is 3. The van der Waals surface area contributed by atoms with Gasteiger partial charge in [-0.25, -0.2) is 0 Å². The lowest BCUT2D eigenvalue weighted by Crippen LogP contribution is -2.24. The molecule has 0 unspecified atom stereocenters. The standard InChI is InChI=1S/C16H25NO2S/c1-3-5-14-10-15(20-12(14)2)16(18)17-8-4-9-19-11-13-6-7-13/h10,13H,3-9,11H2,1-2H3,(H,17,18). The minimum Gasteiger partial charge on any atom is -0.381 e. The summed E-state index contributed by atoms with van der Waals surface area (Å²) in [6.45, 7) is 6.61. The molecule has 0 bridgehead atoms. The molecule has 0 saturated heterocycles. The van der Waals surface area contributed by atoms with E-state index in [9.17, 15) is 4.79 Å². The first-order valence-electron chi connectivity index (χ1n) is 7.66. The largest absolute Gasteiger partial charge is 0.381 e. The third kappa shape index (κ3) is 4.91. The zero-order valence-electron chi connectivity index (χ0n) is 12.5. The number of aryl methyl sites for hydroxylation is 2. The fourth-order valence-electron chi connectivity index (χ4n) is 2.15. The van der Waals surface area contributed by atoms with Gasteiger partial charge in [-0.05, 0) is 50.2 Å². The second-order valence-corrected chi connectivity index (χ2v) is 6.83. The van der Waals surface area contributed by atoms with Crippen LogP contribution in [-0.2, 0) is 11.2 Å². The van der Waals surface area contributed by atoms with Crippen LogP contribution >= 0.6 is 11.3 Å². The molecular formula is C16H25NO2S. The average Bonchev–Trinajstić information content (AvgIpc) is 3.18. The maximum atomic E-state index is 12.0. The number of hydrogen-bond donors (Lipinski definition) is 1. The van der Waals surface area contributed by atoms with E-state index in [1.165, 1.54) is 23.3 Å². The Kier molecular flexibility index (Phi) is 6.05.